The molecule has 0 saturated carbocycles. The van der Waals surface area contributed by atoms with Gasteiger partial charge in [0, 0.05) is 5.56 Å². The van der Waals surface area contributed by atoms with Gasteiger partial charge in [-0.15, -0.1) is 0 Å². The lowest BCUT2D eigenvalue weighted by molar-refractivity contribution is 0.0678. The number of benzene rings is 1. The van der Waals surface area contributed by atoms with Crippen molar-refractivity contribution in [3.63, 3.8) is 0 Å². The maximum Gasteiger partial charge on any atom is 0.300 e. The molecule has 0 atom stereocenters. The summed E-state index contributed by atoms with van der Waals surface area (Å²) in [4.78, 5) is 11.1. The zero-order valence-corrected chi connectivity index (χ0v) is 8.80. The van der Waals surface area contributed by atoms with Gasteiger partial charge in [-0.25, -0.2) is 8.78 Å². The molecule has 0 spiro atoms. The monoisotopic (exact) mass is 214 g/mol. The Labute approximate surface area is 86.9 Å². The highest BCUT2D eigenvalue weighted by Crippen LogP contribution is 2.25. The fourth-order valence-electron chi connectivity index (χ4n) is 1.54. The van der Waals surface area contributed by atoms with Crippen molar-refractivity contribution in [3.05, 3.63) is 28.8 Å². The van der Waals surface area contributed by atoms with Crippen LogP contribution >= 0.6 is 0 Å². The number of alkyl halides is 2. The smallest absolute Gasteiger partial charge is 0.300 e. The molecule has 0 heterocycles. The second-order valence-corrected chi connectivity index (χ2v) is 3.31. The summed E-state index contributed by atoms with van der Waals surface area (Å²) in [5, 5.41) is 0. The number of ether oxygens (including phenoxy) is 1. The number of hydrogen-bond acceptors (Lipinski definition) is 2. The van der Waals surface area contributed by atoms with Crippen molar-refractivity contribution in [3.8, 4) is 5.75 Å². The minimum absolute atomic E-state index is 0.0285. The van der Waals surface area contributed by atoms with E-state index in [-0.39, 0.29) is 5.56 Å². The van der Waals surface area contributed by atoms with Crippen molar-refractivity contribution in [1.29, 1.82) is 0 Å². The fraction of sp³-hybridized carbons (Fsp3) is 0.364. The quantitative estimate of drug-likeness (QED) is 0.723. The molecule has 0 aromatic heterocycles. The summed E-state index contributed by atoms with van der Waals surface area (Å²) in [6.45, 7) is 3.43. The van der Waals surface area contributed by atoms with Gasteiger partial charge in [-0.05, 0) is 37.1 Å². The molecule has 1 rings (SSSR count). The Morgan fingerprint density at radius 3 is 2.07 bits per heavy atom. The van der Waals surface area contributed by atoms with Crippen LogP contribution in [0.4, 0.5) is 8.78 Å². The van der Waals surface area contributed by atoms with E-state index >= 15 is 0 Å². The average molecular weight is 214 g/mol. The van der Waals surface area contributed by atoms with E-state index in [4.69, 9.17) is 4.74 Å². The summed E-state index contributed by atoms with van der Waals surface area (Å²) in [5.41, 5.74) is 1.39. The highest BCUT2D eigenvalue weighted by Gasteiger charge is 2.19. The Hall–Kier alpha value is -1.45. The van der Waals surface area contributed by atoms with Gasteiger partial charge in [0.05, 0.1) is 7.11 Å². The Morgan fingerprint density at radius 1 is 1.27 bits per heavy atom. The number of carbonyl (C=O) groups is 1. The minimum Gasteiger partial charge on any atom is -0.496 e. The highest BCUT2D eigenvalue weighted by molar-refractivity contribution is 5.99. The van der Waals surface area contributed by atoms with Gasteiger partial charge in [0.1, 0.15) is 5.75 Å². The molecule has 0 unspecified atom stereocenters. The molecule has 82 valence electrons. The number of Topliss-reactive ketones (excluding diaryl/α,β-unsaturated/α-hetero) is 1. The molecular formula is C11H12F2O2. The van der Waals surface area contributed by atoms with E-state index in [2.05, 4.69) is 0 Å². The molecule has 1 aromatic carbocycles. The van der Waals surface area contributed by atoms with Gasteiger partial charge in [-0.3, -0.25) is 4.79 Å². The van der Waals surface area contributed by atoms with Crippen LogP contribution in [0.3, 0.4) is 0 Å². The Kier molecular flexibility index (Phi) is 3.39. The van der Waals surface area contributed by atoms with Gasteiger partial charge in [-0.1, -0.05) is 0 Å². The summed E-state index contributed by atoms with van der Waals surface area (Å²) < 4.78 is 29.4. The molecule has 0 saturated heterocycles. The van der Waals surface area contributed by atoms with E-state index in [1.54, 1.807) is 13.8 Å². The van der Waals surface area contributed by atoms with Crippen molar-refractivity contribution < 1.29 is 18.3 Å². The van der Waals surface area contributed by atoms with Crippen molar-refractivity contribution >= 4 is 5.78 Å². The maximum absolute atomic E-state index is 12.2. The molecule has 0 N–H and O–H groups in total. The molecule has 0 aliphatic rings. The molecule has 15 heavy (non-hydrogen) atoms. The zero-order chi connectivity index (χ0) is 11.6. The lowest BCUT2D eigenvalue weighted by Gasteiger charge is -2.10. The van der Waals surface area contributed by atoms with E-state index in [0.717, 1.165) is 0 Å². The summed E-state index contributed by atoms with van der Waals surface area (Å²) in [7, 11) is 1.50. The molecule has 0 bridgehead atoms. The van der Waals surface area contributed by atoms with Gasteiger partial charge in [0.25, 0.3) is 0 Å². The topological polar surface area (TPSA) is 26.3 Å². The summed E-state index contributed by atoms with van der Waals surface area (Å²) >= 11 is 0. The van der Waals surface area contributed by atoms with Crippen LogP contribution in [-0.2, 0) is 0 Å². The fourth-order valence-corrected chi connectivity index (χ4v) is 1.54. The van der Waals surface area contributed by atoms with Crippen LogP contribution in [0, 0.1) is 13.8 Å². The van der Waals surface area contributed by atoms with E-state index in [1.165, 1.54) is 19.2 Å². The van der Waals surface area contributed by atoms with E-state index < -0.39 is 12.2 Å². The molecule has 4 heteroatoms. The Bertz CT molecular complexity index is 363. The van der Waals surface area contributed by atoms with Crippen LogP contribution in [0.1, 0.15) is 21.5 Å². The number of ketones is 1. The second-order valence-electron chi connectivity index (χ2n) is 3.31. The van der Waals surface area contributed by atoms with E-state index in [1.807, 2.05) is 0 Å². The maximum atomic E-state index is 12.2. The van der Waals surface area contributed by atoms with Crippen LogP contribution in [0.2, 0.25) is 0 Å². The Morgan fingerprint density at radius 2 is 1.73 bits per heavy atom. The number of halogens is 2. The molecule has 1 aromatic rings. The van der Waals surface area contributed by atoms with E-state index in [9.17, 15) is 13.6 Å². The lowest BCUT2D eigenvalue weighted by atomic mass is 10.0. The molecule has 0 radical (unpaired) electrons. The lowest BCUT2D eigenvalue weighted by Crippen LogP contribution is -2.11. The van der Waals surface area contributed by atoms with Crippen LogP contribution in [-0.4, -0.2) is 19.3 Å². The molecule has 0 aliphatic heterocycles. The molecular weight excluding hydrogens is 202 g/mol. The molecule has 2 nitrogen and oxygen atoms in total. The number of rotatable bonds is 3. The van der Waals surface area contributed by atoms with Crippen molar-refractivity contribution in [2.45, 2.75) is 20.3 Å². The normalized spacial score (nSPS) is 10.5. The molecule has 0 fully saturated rings. The van der Waals surface area contributed by atoms with Gasteiger partial charge in [0.2, 0.25) is 5.78 Å². The first-order chi connectivity index (χ1) is 6.97. The summed E-state index contributed by atoms with van der Waals surface area (Å²) in [5.74, 6) is -0.523. The zero-order valence-electron chi connectivity index (χ0n) is 8.80. The van der Waals surface area contributed by atoms with Crippen LogP contribution < -0.4 is 4.74 Å². The van der Waals surface area contributed by atoms with Crippen LogP contribution in [0.25, 0.3) is 0 Å². The number of aryl methyl sites for hydroxylation is 2. The molecule has 0 amide bonds. The van der Waals surface area contributed by atoms with Crippen molar-refractivity contribution in [2.75, 3.05) is 7.11 Å². The average Bonchev–Trinajstić information content (AvgIpc) is 2.15. The van der Waals surface area contributed by atoms with Crippen LogP contribution in [0.5, 0.6) is 5.75 Å². The van der Waals surface area contributed by atoms with Gasteiger partial charge < -0.3 is 4.74 Å². The van der Waals surface area contributed by atoms with Gasteiger partial charge in [0.15, 0.2) is 0 Å². The Balaban J connectivity index is 3.20. The first-order valence-corrected chi connectivity index (χ1v) is 4.45. The largest absolute Gasteiger partial charge is 0.496 e. The first kappa shape index (κ1) is 11.6. The number of carbonyl (C=O) groups excluding carboxylic acids is 1. The SMILES string of the molecule is COc1c(C)cc(C(=O)C(F)F)cc1C. The van der Waals surface area contributed by atoms with Crippen molar-refractivity contribution in [2.24, 2.45) is 0 Å². The predicted octanol–water partition coefficient (Wildman–Crippen LogP) is 2.76. The van der Waals surface area contributed by atoms with E-state index in [0.29, 0.717) is 16.9 Å². The first-order valence-electron chi connectivity index (χ1n) is 4.45. The number of hydrogen-bond donors (Lipinski definition) is 0. The third kappa shape index (κ3) is 2.32. The van der Waals surface area contributed by atoms with Crippen molar-refractivity contribution in [1.82, 2.24) is 0 Å². The number of methoxy groups -OCH3 is 1. The van der Waals surface area contributed by atoms with Gasteiger partial charge >= 0.3 is 6.43 Å². The summed E-state index contributed by atoms with van der Waals surface area (Å²) in [6, 6.07) is 2.83. The predicted molar refractivity (Wildman–Crippen MR) is 52.8 cm³/mol. The van der Waals surface area contributed by atoms with Crippen LogP contribution in [0.15, 0.2) is 12.1 Å². The third-order valence-corrected chi connectivity index (χ3v) is 2.15. The second kappa shape index (κ2) is 4.38. The van der Waals surface area contributed by atoms with Gasteiger partial charge in [-0.2, -0.15) is 0 Å². The third-order valence-electron chi connectivity index (χ3n) is 2.15. The minimum atomic E-state index is -2.96. The standard InChI is InChI=1S/C11H12F2O2/c1-6-4-8(9(14)11(12)13)5-7(2)10(6)15-3/h4-5,11H,1-3H3. The highest BCUT2D eigenvalue weighted by atomic mass is 19.3. The molecule has 0 aliphatic carbocycles. The summed E-state index contributed by atoms with van der Waals surface area (Å²) in [6.07, 6.45) is -2.96.